The van der Waals surface area contributed by atoms with Crippen LogP contribution < -0.4 is 4.90 Å². The lowest BCUT2D eigenvalue weighted by Gasteiger charge is -2.44. The molecular formula is C15H23BrN2O. The number of halogens is 1. The smallest absolute Gasteiger partial charge is 0.0782 e. The molecule has 0 spiro atoms. The van der Waals surface area contributed by atoms with E-state index in [4.69, 9.17) is 0 Å². The molecule has 3 nitrogen and oxygen atoms in total. The number of aliphatic hydroxyl groups excluding tert-OH is 1. The Morgan fingerprint density at radius 1 is 1.26 bits per heavy atom. The van der Waals surface area contributed by atoms with Gasteiger partial charge in [0.1, 0.15) is 0 Å². The van der Waals surface area contributed by atoms with Crippen molar-refractivity contribution in [2.24, 2.45) is 0 Å². The number of rotatable bonds is 2. The maximum atomic E-state index is 9.96. The van der Waals surface area contributed by atoms with Gasteiger partial charge in [-0.25, -0.2) is 0 Å². The van der Waals surface area contributed by atoms with Crippen molar-refractivity contribution in [3.8, 4) is 0 Å². The highest BCUT2D eigenvalue weighted by Crippen LogP contribution is 2.31. The first-order valence-electron chi connectivity index (χ1n) is 6.84. The molecule has 0 bridgehead atoms. The molecule has 0 radical (unpaired) electrons. The Kier molecular flexibility index (Phi) is 4.54. The van der Waals surface area contributed by atoms with Crippen molar-refractivity contribution in [3.63, 3.8) is 0 Å². The predicted octanol–water partition coefficient (Wildman–Crippen LogP) is 3.03. The third-order valence-corrected chi connectivity index (χ3v) is 4.64. The fourth-order valence-corrected chi connectivity index (χ4v) is 3.09. The number of likely N-dealkylation sites (N-methyl/N-ethyl adjacent to an activating group) is 1. The van der Waals surface area contributed by atoms with E-state index in [1.54, 1.807) is 0 Å². The van der Waals surface area contributed by atoms with Crippen molar-refractivity contribution in [1.82, 2.24) is 4.90 Å². The Morgan fingerprint density at radius 2 is 1.84 bits per heavy atom. The van der Waals surface area contributed by atoms with E-state index in [1.807, 2.05) is 19.1 Å². The zero-order chi connectivity index (χ0) is 14.2. The maximum absolute atomic E-state index is 9.96. The standard InChI is InChI=1S/C15H23BrN2O/c1-10-8-18(9-11(2)17(10)4)15-7-13(16)5-6-14(15)12(3)19/h5-7,10-12,19H,8-9H2,1-4H3. The number of anilines is 1. The lowest BCUT2D eigenvalue weighted by molar-refractivity contribution is 0.168. The van der Waals surface area contributed by atoms with Gasteiger partial charge in [0.05, 0.1) is 6.10 Å². The monoisotopic (exact) mass is 326 g/mol. The van der Waals surface area contributed by atoms with E-state index < -0.39 is 6.10 Å². The number of hydrogen-bond acceptors (Lipinski definition) is 3. The molecule has 4 heteroatoms. The topological polar surface area (TPSA) is 26.7 Å². The van der Waals surface area contributed by atoms with Crippen molar-refractivity contribution in [1.29, 1.82) is 0 Å². The first kappa shape index (κ1) is 14.8. The van der Waals surface area contributed by atoms with Crippen molar-refractivity contribution < 1.29 is 5.11 Å². The second kappa shape index (κ2) is 5.81. The Morgan fingerprint density at radius 3 is 2.37 bits per heavy atom. The molecule has 1 aliphatic rings. The number of hydrogen-bond donors (Lipinski definition) is 1. The highest BCUT2D eigenvalue weighted by atomic mass is 79.9. The molecule has 1 aromatic carbocycles. The molecule has 1 saturated heterocycles. The Hall–Kier alpha value is -0.580. The van der Waals surface area contributed by atoms with Gasteiger partial charge in [-0.05, 0) is 40.0 Å². The van der Waals surface area contributed by atoms with Crippen LogP contribution in [-0.4, -0.2) is 42.2 Å². The van der Waals surface area contributed by atoms with E-state index >= 15 is 0 Å². The Bertz CT molecular complexity index is 438. The van der Waals surface area contributed by atoms with Gasteiger partial charge in [0.15, 0.2) is 0 Å². The summed E-state index contributed by atoms with van der Waals surface area (Å²) in [6.45, 7) is 8.33. The Balaban J connectivity index is 2.33. The van der Waals surface area contributed by atoms with E-state index in [9.17, 15) is 5.11 Å². The van der Waals surface area contributed by atoms with Crippen LogP contribution in [0.3, 0.4) is 0 Å². The minimum atomic E-state index is -0.437. The summed E-state index contributed by atoms with van der Waals surface area (Å²) in [6, 6.07) is 7.16. The second-order valence-electron chi connectivity index (χ2n) is 5.65. The second-order valence-corrected chi connectivity index (χ2v) is 6.56. The van der Waals surface area contributed by atoms with Crippen LogP contribution in [0.1, 0.15) is 32.4 Å². The van der Waals surface area contributed by atoms with Crippen molar-refractivity contribution in [2.45, 2.75) is 39.0 Å². The highest BCUT2D eigenvalue weighted by molar-refractivity contribution is 9.10. The summed E-state index contributed by atoms with van der Waals surface area (Å²) < 4.78 is 1.06. The summed E-state index contributed by atoms with van der Waals surface area (Å²) in [4.78, 5) is 4.80. The third-order valence-electron chi connectivity index (χ3n) is 4.14. The van der Waals surface area contributed by atoms with Crippen LogP contribution in [-0.2, 0) is 0 Å². The molecule has 19 heavy (non-hydrogen) atoms. The van der Waals surface area contributed by atoms with Crippen LogP contribution in [0.15, 0.2) is 22.7 Å². The molecule has 0 aliphatic carbocycles. The molecule has 0 amide bonds. The van der Waals surface area contributed by atoms with E-state index in [1.165, 1.54) is 0 Å². The SMILES string of the molecule is CC(O)c1ccc(Br)cc1N1CC(C)N(C)C(C)C1. The molecular weight excluding hydrogens is 304 g/mol. The lowest BCUT2D eigenvalue weighted by Crippen LogP contribution is -2.55. The molecule has 1 fully saturated rings. The van der Waals surface area contributed by atoms with Gasteiger partial charge in [-0.3, -0.25) is 4.90 Å². The van der Waals surface area contributed by atoms with E-state index in [-0.39, 0.29) is 0 Å². The van der Waals surface area contributed by atoms with E-state index in [0.29, 0.717) is 12.1 Å². The first-order valence-corrected chi connectivity index (χ1v) is 7.64. The molecule has 0 saturated carbocycles. The Labute approximate surface area is 124 Å². The van der Waals surface area contributed by atoms with Crippen LogP contribution in [0.25, 0.3) is 0 Å². The summed E-state index contributed by atoms with van der Waals surface area (Å²) >= 11 is 3.54. The van der Waals surface area contributed by atoms with Crippen molar-refractivity contribution >= 4 is 21.6 Å². The summed E-state index contributed by atoms with van der Waals surface area (Å²) in [5.74, 6) is 0. The quantitative estimate of drug-likeness (QED) is 0.904. The van der Waals surface area contributed by atoms with Gasteiger partial charge in [0.25, 0.3) is 0 Å². The fourth-order valence-electron chi connectivity index (χ4n) is 2.75. The number of nitrogens with zero attached hydrogens (tertiary/aromatic N) is 2. The molecule has 106 valence electrons. The van der Waals surface area contributed by atoms with Gasteiger partial charge in [-0.1, -0.05) is 22.0 Å². The minimum absolute atomic E-state index is 0.437. The van der Waals surface area contributed by atoms with Crippen LogP contribution >= 0.6 is 15.9 Å². The van der Waals surface area contributed by atoms with Gasteiger partial charge in [0, 0.05) is 40.9 Å². The van der Waals surface area contributed by atoms with Gasteiger partial charge in [-0.2, -0.15) is 0 Å². The van der Waals surface area contributed by atoms with Crippen molar-refractivity contribution in [3.05, 3.63) is 28.2 Å². The summed E-state index contributed by atoms with van der Waals surface area (Å²) in [5.41, 5.74) is 2.16. The molecule has 0 aromatic heterocycles. The largest absolute Gasteiger partial charge is 0.389 e. The van der Waals surface area contributed by atoms with Crippen LogP contribution in [0, 0.1) is 0 Å². The molecule has 1 heterocycles. The van der Waals surface area contributed by atoms with Gasteiger partial charge in [-0.15, -0.1) is 0 Å². The zero-order valence-corrected chi connectivity index (χ0v) is 13.7. The van der Waals surface area contributed by atoms with Crippen LogP contribution in [0.2, 0.25) is 0 Å². The number of piperazine rings is 1. The molecule has 2 rings (SSSR count). The number of aliphatic hydroxyl groups is 1. The first-order chi connectivity index (χ1) is 8.90. The van der Waals surface area contributed by atoms with Crippen LogP contribution in [0.4, 0.5) is 5.69 Å². The minimum Gasteiger partial charge on any atom is -0.389 e. The van der Waals surface area contributed by atoms with E-state index in [0.717, 1.165) is 28.8 Å². The molecule has 3 atom stereocenters. The molecule has 1 aromatic rings. The van der Waals surface area contributed by atoms with Crippen LogP contribution in [0.5, 0.6) is 0 Å². The zero-order valence-electron chi connectivity index (χ0n) is 12.1. The molecule has 3 unspecified atom stereocenters. The molecule has 1 N–H and O–H groups in total. The normalized spacial score (nSPS) is 26.5. The molecule has 1 aliphatic heterocycles. The predicted molar refractivity (Wildman–Crippen MR) is 83.7 cm³/mol. The van der Waals surface area contributed by atoms with Gasteiger partial charge < -0.3 is 10.0 Å². The maximum Gasteiger partial charge on any atom is 0.0782 e. The summed E-state index contributed by atoms with van der Waals surface area (Å²) in [5, 5.41) is 9.96. The highest BCUT2D eigenvalue weighted by Gasteiger charge is 2.28. The fraction of sp³-hybridized carbons (Fsp3) is 0.600. The average Bonchev–Trinajstić information content (AvgIpc) is 2.34. The number of benzene rings is 1. The average molecular weight is 327 g/mol. The lowest BCUT2D eigenvalue weighted by atomic mass is 10.0. The summed E-state index contributed by atoms with van der Waals surface area (Å²) in [6.07, 6.45) is -0.437. The van der Waals surface area contributed by atoms with Gasteiger partial charge in [0.2, 0.25) is 0 Å². The van der Waals surface area contributed by atoms with Crippen molar-refractivity contribution in [2.75, 3.05) is 25.0 Å². The van der Waals surface area contributed by atoms with E-state index in [2.05, 4.69) is 52.7 Å². The third kappa shape index (κ3) is 3.12. The summed E-state index contributed by atoms with van der Waals surface area (Å²) in [7, 11) is 2.18. The van der Waals surface area contributed by atoms with Gasteiger partial charge >= 0.3 is 0 Å².